The molecular weight excluding hydrogens is 234 g/mol. The maximum Gasteiger partial charge on any atom is 0.250 e. The lowest BCUT2D eigenvalue weighted by Gasteiger charge is -2.10. The Labute approximate surface area is 106 Å². The number of amides is 1. The Morgan fingerprint density at radius 1 is 1.33 bits per heavy atom. The van der Waals surface area contributed by atoms with Crippen LogP contribution in [0.2, 0.25) is 0 Å². The molecule has 1 N–H and O–H groups in total. The van der Waals surface area contributed by atoms with Crippen molar-refractivity contribution in [3.05, 3.63) is 18.2 Å². The molecule has 1 aliphatic rings. The Kier molecular flexibility index (Phi) is 4.41. The molecule has 18 heavy (non-hydrogen) atoms. The Bertz CT molecular complexity index is 419. The number of hydrogen-bond acceptors (Lipinski definition) is 4. The molecule has 0 radical (unpaired) electrons. The molecule has 5 heteroatoms. The summed E-state index contributed by atoms with van der Waals surface area (Å²) in [7, 11) is 0. The lowest BCUT2D eigenvalue weighted by molar-refractivity contribution is -0.120. The van der Waals surface area contributed by atoms with Gasteiger partial charge < -0.3 is 19.5 Å². The van der Waals surface area contributed by atoms with E-state index in [0.717, 1.165) is 12.2 Å². The normalized spacial score (nSPS) is 13.8. The van der Waals surface area contributed by atoms with Gasteiger partial charge in [0.2, 0.25) is 5.91 Å². The summed E-state index contributed by atoms with van der Waals surface area (Å²) in [6, 6.07) is 5.36. The van der Waals surface area contributed by atoms with Crippen molar-refractivity contribution in [1.29, 1.82) is 0 Å². The third-order valence-corrected chi connectivity index (χ3v) is 2.47. The number of fused-ring (bicyclic) bond motifs is 1. The van der Waals surface area contributed by atoms with Gasteiger partial charge in [-0.3, -0.25) is 4.79 Å². The summed E-state index contributed by atoms with van der Waals surface area (Å²) in [6.07, 6.45) is 0.862. The predicted octanol–water partition coefficient (Wildman–Crippen LogP) is 1.82. The van der Waals surface area contributed by atoms with Crippen molar-refractivity contribution in [2.45, 2.75) is 13.3 Å². The molecule has 0 aromatic heterocycles. The number of carbonyl (C=O) groups is 1. The van der Waals surface area contributed by atoms with Crippen LogP contribution >= 0.6 is 0 Å². The maximum absolute atomic E-state index is 11.5. The summed E-state index contributed by atoms with van der Waals surface area (Å²) in [5, 5.41) is 2.75. The van der Waals surface area contributed by atoms with Gasteiger partial charge in [0.25, 0.3) is 0 Å². The zero-order valence-electron chi connectivity index (χ0n) is 10.4. The molecule has 0 saturated heterocycles. The van der Waals surface area contributed by atoms with Crippen molar-refractivity contribution < 1.29 is 19.0 Å². The molecule has 1 amide bonds. The molecule has 1 aliphatic heterocycles. The van der Waals surface area contributed by atoms with E-state index in [1.54, 1.807) is 18.2 Å². The molecule has 1 heterocycles. The quantitative estimate of drug-likeness (QED) is 0.886. The fraction of sp³-hybridized carbons (Fsp3) is 0.462. The van der Waals surface area contributed by atoms with Gasteiger partial charge in [0.1, 0.15) is 6.61 Å². The van der Waals surface area contributed by atoms with Crippen LogP contribution in [0.15, 0.2) is 18.2 Å². The molecule has 0 atom stereocenters. The van der Waals surface area contributed by atoms with Crippen molar-refractivity contribution in [3.8, 4) is 11.5 Å². The third-order valence-electron chi connectivity index (χ3n) is 2.47. The van der Waals surface area contributed by atoms with E-state index in [1.807, 2.05) is 6.92 Å². The van der Waals surface area contributed by atoms with Gasteiger partial charge in [-0.25, -0.2) is 0 Å². The Morgan fingerprint density at radius 2 is 2.11 bits per heavy atom. The first kappa shape index (κ1) is 12.7. The lowest BCUT2D eigenvalue weighted by Crippen LogP contribution is -2.18. The monoisotopic (exact) mass is 251 g/mol. The number of benzene rings is 1. The van der Waals surface area contributed by atoms with E-state index in [-0.39, 0.29) is 12.5 Å². The van der Waals surface area contributed by atoms with Gasteiger partial charge in [-0.05, 0) is 19.1 Å². The van der Waals surface area contributed by atoms with Gasteiger partial charge in [-0.15, -0.1) is 0 Å². The average molecular weight is 251 g/mol. The van der Waals surface area contributed by atoms with E-state index < -0.39 is 0 Å². The van der Waals surface area contributed by atoms with Gasteiger partial charge in [0.15, 0.2) is 11.5 Å². The fourth-order valence-electron chi connectivity index (χ4n) is 1.63. The van der Waals surface area contributed by atoms with Crippen LogP contribution in [0.25, 0.3) is 0 Å². The summed E-state index contributed by atoms with van der Waals surface area (Å²) < 4.78 is 16.1. The standard InChI is InChI=1S/C13H17NO4/c1-2-16-9-13(15)14-10-4-5-11-12(8-10)18-7-3-6-17-11/h4-5,8H,2-3,6-7,9H2,1H3,(H,14,15). The van der Waals surface area contributed by atoms with Crippen molar-refractivity contribution >= 4 is 11.6 Å². The highest BCUT2D eigenvalue weighted by molar-refractivity contribution is 5.92. The van der Waals surface area contributed by atoms with Crippen LogP contribution in [0, 0.1) is 0 Å². The van der Waals surface area contributed by atoms with E-state index in [0.29, 0.717) is 31.3 Å². The second-order valence-corrected chi connectivity index (χ2v) is 3.90. The lowest BCUT2D eigenvalue weighted by atomic mass is 10.2. The van der Waals surface area contributed by atoms with E-state index >= 15 is 0 Å². The fourth-order valence-corrected chi connectivity index (χ4v) is 1.63. The van der Waals surface area contributed by atoms with Crippen LogP contribution in [0.1, 0.15) is 13.3 Å². The van der Waals surface area contributed by atoms with Crippen LogP contribution in [0.3, 0.4) is 0 Å². The van der Waals surface area contributed by atoms with Gasteiger partial charge >= 0.3 is 0 Å². The van der Waals surface area contributed by atoms with Crippen LogP contribution in [-0.2, 0) is 9.53 Å². The number of ether oxygens (including phenoxy) is 3. The Balaban J connectivity index is 2.01. The molecule has 5 nitrogen and oxygen atoms in total. The van der Waals surface area contributed by atoms with Gasteiger partial charge in [-0.1, -0.05) is 0 Å². The molecule has 0 bridgehead atoms. The predicted molar refractivity (Wildman–Crippen MR) is 67.2 cm³/mol. The van der Waals surface area contributed by atoms with Crippen molar-refractivity contribution in [2.24, 2.45) is 0 Å². The number of carbonyl (C=O) groups excluding carboxylic acids is 1. The molecule has 1 aromatic carbocycles. The highest BCUT2D eigenvalue weighted by atomic mass is 16.5. The minimum Gasteiger partial charge on any atom is -0.490 e. The number of rotatable bonds is 4. The van der Waals surface area contributed by atoms with E-state index in [2.05, 4.69) is 5.32 Å². The zero-order valence-corrected chi connectivity index (χ0v) is 10.4. The SMILES string of the molecule is CCOCC(=O)Nc1ccc2c(c1)OCCCO2. The van der Waals surface area contributed by atoms with Crippen molar-refractivity contribution in [3.63, 3.8) is 0 Å². The molecule has 0 saturated carbocycles. The van der Waals surface area contributed by atoms with Crippen molar-refractivity contribution in [1.82, 2.24) is 0 Å². The zero-order chi connectivity index (χ0) is 12.8. The molecule has 0 unspecified atom stereocenters. The van der Waals surface area contributed by atoms with Crippen molar-refractivity contribution in [2.75, 3.05) is 31.7 Å². The topological polar surface area (TPSA) is 56.8 Å². The largest absolute Gasteiger partial charge is 0.490 e. The second-order valence-electron chi connectivity index (χ2n) is 3.90. The van der Waals surface area contributed by atoms with E-state index in [9.17, 15) is 4.79 Å². The molecule has 0 spiro atoms. The van der Waals surface area contributed by atoms with Gasteiger partial charge in [0, 0.05) is 24.8 Å². The Morgan fingerprint density at radius 3 is 2.89 bits per heavy atom. The highest BCUT2D eigenvalue weighted by Gasteiger charge is 2.11. The number of hydrogen-bond donors (Lipinski definition) is 1. The highest BCUT2D eigenvalue weighted by Crippen LogP contribution is 2.32. The van der Waals surface area contributed by atoms with Crippen LogP contribution in [0.5, 0.6) is 11.5 Å². The summed E-state index contributed by atoms with van der Waals surface area (Å²) in [5.41, 5.74) is 0.684. The molecule has 2 rings (SSSR count). The van der Waals surface area contributed by atoms with Crippen LogP contribution in [-0.4, -0.2) is 32.3 Å². The second kappa shape index (κ2) is 6.26. The van der Waals surface area contributed by atoms with Crippen LogP contribution in [0.4, 0.5) is 5.69 Å². The first-order chi connectivity index (χ1) is 8.79. The average Bonchev–Trinajstić information content (AvgIpc) is 2.61. The summed E-state index contributed by atoms with van der Waals surface area (Å²) >= 11 is 0. The van der Waals surface area contributed by atoms with Gasteiger partial charge in [-0.2, -0.15) is 0 Å². The number of anilines is 1. The minimum absolute atomic E-state index is 0.0605. The molecule has 0 fully saturated rings. The van der Waals surface area contributed by atoms with Crippen LogP contribution < -0.4 is 14.8 Å². The Hall–Kier alpha value is -1.75. The minimum atomic E-state index is -0.175. The summed E-state index contributed by atoms with van der Waals surface area (Å²) in [6.45, 7) is 3.72. The molecule has 98 valence electrons. The third kappa shape index (κ3) is 3.37. The summed E-state index contributed by atoms with van der Waals surface area (Å²) in [5.74, 6) is 1.21. The summed E-state index contributed by atoms with van der Waals surface area (Å²) in [4.78, 5) is 11.5. The number of nitrogens with one attached hydrogen (secondary N) is 1. The van der Waals surface area contributed by atoms with E-state index in [4.69, 9.17) is 14.2 Å². The molecule has 0 aliphatic carbocycles. The first-order valence-corrected chi connectivity index (χ1v) is 6.07. The van der Waals surface area contributed by atoms with Gasteiger partial charge in [0.05, 0.1) is 13.2 Å². The van der Waals surface area contributed by atoms with E-state index in [1.165, 1.54) is 0 Å². The molecule has 1 aromatic rings. The smallest absolute Gasteiger partial charge is 0.250 e. The first-order valence-electron chi connectivity index (χ1n) is 6.07. The molecular formula is C13H17NO4. The maximum atomic E-state index is 11.5.